The van der Waals surface area contributed by atoms with Gasteiger partial charge in [-0.15, -0.1) is 11.3 Å². The van der Waals surface area contributed by atoms with Crippen molar-refractivity contribution in [3.63, 3.8) is 0 Å². The van der Waals surface area contributed by atoms with Crippen LogP contribution in [0.3, 0.4) is 0 Å². The SMILES string of the molecule is Cc1csc(SCCCC(C)(C#N)NC2CC2)n1. The minimum absolute atomic E-state index is 0.347. The Morgan fingerprint density at radius 1 is 1.67 bits per heavy atom. The summed E-state index contributed by atoms with van der Waals surface area (Å²) in [6.07, 6.45) is 4.42. The maximum atomic E-state index is 9.25. The van der Waals surface area contributed by atoms with Crippen LogP contribution in [0.15, 0.2) is 9.72 Å². The second-order valence-electron chi connectivity index (χ2n) is 5.07. The number of nitrogens with zero attached hydrogens (tertiary/aromatic N) is 2. The molecule has 0 radical (unpaired) electrons. The third kappa shape index (κ3) is 4.27. The lowest BCUT2D eigenvalue weighted by atomic mass is 9.98. The number of hydrogen-bond donors (Lipinski definition) is 1. The van der Waals surface area contributed by atoms with E-state index in [4.69, 9.17) is 0 Å². The van der Waals surface area contributed by atoms with E-state index in [2.05, 4.69) is 21.8 Å². The number of nitrogens with one attached hydrogen (secondary N) is 1. The average molecular weight is 281 g/mol. The normalized spacial score (nSPS) is 18.3. The number of aryl methyl sites for hydroxylation is 1. The third-order valence-corrected chi connectivity index (χ3v) is 5.22. The minimum atomic E-state index is -0.347. The third-order valence-electron chi connectivity index (χ3n) is 2.99. The van der Waals surface area contributed by atoms with Crippen LogP contribution in [0.25, 0.3) is 0 Å². The fourth-order valence-electron chi connectivity index (χ4n) is 1.82. The fraction of sp³-hybridized carbons (Fsp3) is 0.692. The van der Waals surface area contributed by atoms with Gasteiger partial charge in [0.05, 0.1) is 6.07 Å². The summed E-state index contributed by atoms with van der Waals surface area (Å²) >= 11 is 3.50. The lowest BCUT2D eigenvalue weighted by Crippen LogP contribution is -2.42. The van der Waals surface area contributed by atoms with Crippen molar-refractivity contribution in [1.82, 2.24) is 10.3 Å². The Bertz CT molecular complexity index is 434. The number of nitriles is 1. The second kappa shape index (κ2) is 6.05. The van der Waals surface area contributed by atoms with Crippen LogP contribution in [0.4, 0.5) is 0 Å². The van der Waals surface area contributed by atoms with Crippen LogP contribution in [-0.4, -0.2) is 22.3 Å². The van der Waals surface area contributed by atoms with Crippen LogP contribution in [0.2, 0.25) is 0 Å². The molecule has 0 spiro atoms. The molecule has 1 unspecified atom stereocenters. The predicted octanol–water partition coefficient (Wildman–Crippen LogP) is 3.36. The van der Waals surface area contributed by atoms with E-state index in [1.807, 2.05) is 13.8 Å². The molecule has 1 aromatic heterocycles. The Balaban J connectivity index is 1.68. The van der Waals surface area contributed by atoms with E-state index < -0.39 is 0 Å². The molecule has 0 aromatic carbocycles. The topological polar surface area (TPSA) is 48.7 Å². The zero-order chi connectivity index (χ0) is 13.0. The first kappa shape index (κ1) is 13.9. The van der Waals surface area contributed by atoms with Crippen molar-refractivity contribution in [3.8, 4) is 6.07 Å². The van der Waals surface area contributed by atoms with Crippen molar-refractivity contribution < 1.29 is 0 Å². The van der Waals surface area contributed by atoms with Crippen molar-refractivity contribution in [3.05, 3.63) is 11.1 Å². The summed E-state index contributed by atoms with van der Waals surface area (Å²) in [5.74, 6) is 1.04. The molecule has 0 aliphatic heterocycles. The minimum Gasteiger partial charge on any atom is -0.297 e. The predicted molar refractivity (Wildman–Crippen MR) is 77.0 cm³/mol. The van der Waals surface area contributed by atoms with Gasteiger partial charge in [-0.05, 0) is 39.5 Å². The van der Waals surface area contributed by atoms with Gasteiger partial charge in [0.25, 0.3) is 0 Å². The number of hydrogen-bond acceptors (Lipinski definition) is 5. The number of aromatic nitrogens is 1. The molecule has 18 heavy (non-hydrogen) atoms. The molecule has 98 valence electrons. The van der Waals surface area contributed by atoms with Gasteiger partial charge in [-0.25, -0.2) is 4.98 Å². The van der Waals surface area contributed by atoms with Crippen molar-refractivity contribution >= 4 is 23.1 Å². The van der Waals surface area contributed by atoms with Crippen molar-refractivity contribution in [2.24, 2.45) is 0 Å². The highest BCUT2D eigenvalue weighted by Gasteiger charge is 2.31. The van der Waals surface area contributed by atoms with Gasteiger partial charge >= 0.3 is 0 Å². The van der Waals surface area contributed by atoms with Crippen LogP contribution in [0.5, 0.6) is 0 Å². The Labute approximate surface area is 117 Å². The van der Waals surface area contributed by atoms with Crippen LogP contribution in [0.1, 0.15) is 38.3 Å². The molecule has 0 amide bonds. The summed E-state index contributed by atoms with van der Waals surface area (Å²) in [5, 5.41) is 14.8. The molecule has 1 atom stereocenters. The Morgan fingerprint density at radius 3 is 3.00 bits per heavy atom. The van der Waals surface area contributed by atoms with E-state index in [0.717, 1.165) is 28.6 Å². The molecule has 1 saturated carbocycles. The molecule has 1 aromatic rings. The lowest BCUT2D eigenvalue weighted by Gasteiger charge is -2.22. The first-order valence-electron chi connectivity index (χ1n) is 6.35. The first-order chi connectivity index (χ1) is 8.61. The molecule has 2 rings (SSSR count). The van der Waals surface area contributed by atoms with E-state index in [-0.39, 0.29) is 5.54 Å². The van der Waals surface area contributed by atoms with Gasteiger partial charge in [-0.2, -0.15) is 5.26 Å². The van der Waals surface area contributed by atoms with E-state index in [1.165, 1.54) is 12.8 Å². The average Bonchev–Trinajstić information content (AvgIpc) is 3.06. The molecule has 3 nitrogen and oxygen atoms in total. The molecular formula is C13H19N3S2. The van der Waals surface area contributed by atoms with E-state index in [0.29, 0.717) is 6.04 Å². The van der Waals surface area contributed by atoms with E-state index in [1.54, 1.807) is 23.1 Å². The van der Waals surface area contributed by atoms with Gasteiger partial charge in [0.1, 0.15) is 9.88 Å². The summed E-state index contributed by atoms with van der Waals surface area (Å²) < 4.78 is 1.14. The van der Waals surface area contributed by atoms with Gasteiger partial charge in [0.15, 0.2) is 0 Å². The summed E-state index contributed by atoms with van der Waals surface area (Å²) in [6, 6.07) is 3.01. The van der Waals surface area contributed by atoms with Crippen molar-refractivity contribution in [2.45, 2.75) is 55.5 Å². The van der Waals surface area contributed by atoms with Gasteiger partial charge < -0.3 is 0 Å². The highest BCUT2D eigenvalue weighted by atomic mass is 32.2. The van der Waals surface area contributed by atoms with E-state index in [9.17, 15) is 5.26 Å². The van der Waals surface area contributed by atoms with Gasteiger partial charge in [0.2, 0.25) is 0 Å². The molecular weight excluding hydrogens is 262 g/mol. The molecule has 0 bridgehead atoms. The van der Waals surface area contributed by atoms with Crippen molar-refractivity contribution in [2.75, 3.05) is 5.75 Å². The second-order valence-corrected chi connectivity index (χ2v) is 7.27. The molecule has 1 heterocycles. The molecule has 1 aliphatic carbocycles. The molecule has 1 fully saturated rings. The quantitative estimate of drug-likeness (QED) is 0.615. The van der Waals surface area contributed by atoms with Gasteiger partial charge in [-0.3, -0.25) is 5.32 Å². The zero-order valence-corrected chi connectivity index (χ0v) is 12.5. The number of thioether (sulfide) groups is 1. The Morgan fingerprint density at radius 2 is 2.44 bits per heavy atom. The standard InChI is InChI=1S/C13H19N3S2/c1-10-8-18-12(15-10)17-7-3-6-13(2,9-14)16-11-4-5-11/h8,11,16H,3-7H2,1-2H3. The largest absolute Gasteiger partial charge is 0.297 e. The molecule has 1 aliphatic rings. The Kier molecular flexibility index (Phi) is 4.66. The smallest absolute Gasteiger partial charge is 0.150 e. The molecule has 0 saturated heterocycles. The maximum absolute atomic E-state index is 9.25. The number of thiazole rings is 1. The van der Waals surface area contributed by atoms with Gasteiger partial charge in [0, 0.05) is 22.9 Å². The van der Waals surface area contributed by atoms with Crippen molar-refractivity contribution in [1.29, 1.82) is 5.26 Å². The zero-order valence-electron chi connectivity index (χ0n) is 10.9. The van der Waals surface area contributed by atoms with Crippen LogP contribution in [-0.2, 0) is 0 Å². The molecule has 5 heteroatoms. The maximum Gasteiger partial charge on any atom is 0.150 e. The number of rotatable bonds is 7. The van der Waals surface area contributed by atoms with Crippen LogP contribution in [0, 0.1) is 18.3 Å². The van der Waals surface area contributed by atoms with Gasteiger partial charge in [-0.1, -0.05) is 11.8 Å². The Hall–Kier alpha value is -0.570. The highest BCUT2D eigenvalue weighted by Crippen LogP contribution is 2.27. The first-order valence-corrected chi connectivity index (χ1v) is 8.22. The summed E-state index contributed by atoms with van der Waals surface area (Å²) in [7, 11) is 0. The highest BCUT2D eigenvalue weighted by molar-refractivity contribution is 8.00. The lowest BCUT2D eigenvalue weighted by molar-refractivity contribution is 0.412. The van der Waals surface area contributed by atoms with Crippen LogP contribution >= 0.6 is 23.1 Å². The molecule has 1 N–H and O–H groups in total. The summed E-state index contributed by atoms with van der Waals surface area (Å²) in [6.45, 7) is 4.04. The summed E-state index contributed by atoms with van der Waals surface area (Å²) in [4.78, 5) is 4.42. The summed E-state index contributed by atoms with van der Waals surface area (Å²) in [5.41, 5.74) is 0.750. The van der Waals surface area contributed by atoms with Crippen LogP contribution < -0.4 is 5.32 Å². The van der Waals surface area contributed by atoms with E-state index >= 15 is 0 Å². The fourth-order valence-corrected chi connectivity index (χ4v) is 3.68. The monoisotopic (exact) mass is 281 g/mol.